The Balaban J connectivity index is 1.97. The molecule has 0 saturated heterocycles. The van der Waals surface area contributed by atoms with Crippen LogP contribution < -0.4 is 15.2 Å². The maximum atomic E-state index is 8.62. The molecule has 0 fully saturated rings. The molecule has 7 heteroatoms. The Hall–Kier alpha value is -2.98. The lowest BCUT2D eigenvalue weighted by Gasteiger charge is -2.10. The molecule has 0 aliphatic heterocycles. The third-order valence-electron chi connectivity index (χ3n) is 3.15. The van der Waals surface area contributed by atoms with Crippen LogP contribution in [0, 0.1) is 11.3 Å². The third kappa shape index (κ3) is 6.49. The lowest BCUT2D eigenvalue weighted by Crippen LogP contribution is -2.06. The van der Waals surface area contributed by atoms with Crippen LogP contribution in [-0.2, 0) is 5.75 Å². The third-order valence-corrected chi connectivity index (χ3v) is 4.01. The predicted molar refractivity (Wildman–Crippen MR) is 106 cm³/mol. The predicted octanol–water partition coefficient (Wildman–Crippen LogP) is 3.57. The molecule has 0 aliphatic carbocycles. The van der Waals surface area contributed by atoms with Gasteiger partial charge in [0, 0.05) is 5.75 Å². The Morgan fingerprint density at radius 2 is 2.00 bits per heavy atom. The Kier molecular flexibility index (Phi) is 8.03. The van der Waals surface area contributed by atoms with E-state index in [1.165, 1.54) is 17.3 Å². The minimum Gasteiger partial charge on any atom is -0.490 e. The van der Waals surface area contributed by atoms with Crippen molar-refractivity contribution in [1.29, 1.82) is 5.26 Å². The van der Waals surface area contributed by atoms with Crippen LogP contribution >= 0.6 is 11.8 Å². The number of thioether (sulfide) groups is 1. The van der Waals surface area contributed by atoms with E-state index in [1.54, 1.807) is 18.3 Å². The zero-order valence-corrected chi connectivity index (χ0v) is 15.3. The molecule has 134 valence electrons. The highest BCUT2D eigenvalue weighted by Gasteiger charge is 2.05. The lowest BCUT2D eigenvalue weighted by molar-refractivity contribution is 0.298. The van der Waals surface area contributed by atoms with Gasteiger partial charge in [0.1, 0.15) is 6.07 Å². The van der Waals surface area contributed by atoms with Crippen molar-refractivity contribution >= 4 is 23.1 Å². The molecule has 26 heavy (non-hydrogen) atoms. The molecule has 0 radical (unpaired) electrons. The van der Waals surface area contributed by atoms with Crippen LogP contribution in [0.25, 0.3) is 0 Å². The summed E-state index contributed by atoms with van der Waals surface area (Å²) in [7, 11) is 0. The van der Waals surface area contributed by atoms with Gasteiger partial charge in [0.2, 0.25) is 0 Å². The smallest absolute Gasteiger partial charge is 0.180 e. The van der Waals surface area contributed by atoms with E-state index in [2.05, 4.69) is 10.2 Å². The average Bonchev–Trinajstić information content (AvgIpc) is 2.67. The quantitative estimate of drug-likeness (QED) is 0.437. The van der Waals surface area contributed by atoms with Crippen molar-refractivity contribution in [2.45, 2.75) is 12.7 Å². The summed E-state index contributed by atoms with van der Waals surface area (Å²) in [5.41, 5.74) is 7.83. The van der Waals surface area contributed by atoms with Crippen LogP contribution in [0.2, 0.25) is 0 Å². The van der Waals surface area contributed by atoms with E-state index in [1.807, 2.05) is 49.4 Å². The van der Waals surface area contributed by atoms with Crippen LogP contribution in [0.5, 0.6) is 11.5 Å². The molecule has 0 spiro atoms. The van der Waals surface area contributed by atoms with E-state index < -0.39 is 0 Å². The fraction of sp³-hybridized carbons (Fsp3) is 0.211. The van der Waals surface area contributed by atoms with Crippen molar-refractivity contribution in [1.82, 2.24) is 0 Å². The molecule has 2 rings (SSSR count). The number of hydrogen-bond acceptors (Lipinski definition) is 6. The highest BCUT2D eigenvalue weighted by atomic mass is 32.2. The number of nitrogens with two attached hydrogens (primary N) is 1. The minimum absolute atomic E-state index is 0.0347. The van der Waals surface area contributed by atoms with Gasteiger partial charge in [-0.25, -0.2) is 0 Å². The fourth-order valence-corrected chi connectivity index (χ4v) is 2.63. The molecule has 0 bridgehead atoms. The van der Waals surface area contributed by atoms with E-state index in [9.17, 15) is 0 Å². The topological polar surface area (TPSA) is 93.0 Å². The van der Waals surface area contributed by atoms with Gasteiger partial charge in [0.25, 0.3) is 0 Å². The molecule has 2 aromatic carbocycles. The number of nitriles is 1. The monoisotopic (exact) mass is 368 g/mol. The molecule has 6 nitrogen and oxygen atoms in total. The van der Waals surface area contributed by atoms with Gasteiger partial charge in [0.05, 0.1) is 12.8 Å². The van der Waals surface area contributed by atoms with Gasteiger partial charge in [-0.2, -0.15) is 10.4 Å². The first-order valence-electron chi connectivity index (χ1n) is 8.02. The number of ether oxygens (including phenoxy) is 2. The average molecular weight is 368 g/mol. The van der Waals surface area contributed by atoms with Gasteiger partial charge in [-0.1, -0.05) is 42.1 Å². The first kappa shape index (κ1) is 19.3. The van der Waals surface area contributed by atoms with Crippen LogP contribution in [0.4, 0.5) is 0 Å². The van der Waals surface area contributed by atoms with Crippen LogP contribution in [-0.4, -0.2) is 24.6 Å². The molecule has 0 heterocycles. The van der Waals surface area contributed by atoms with E-state index >= 15 is 0 Å². The molecule has 2 N–H and O–H groups in total. The van der Waals surface area contributed by atoms with Crippen molar-refractivity contribution in [2.75, 3.05) is 13.2 Å². The van der Waals surface area contributed by atoms with Crippen molar-refractivity contribution < 1.29 is 9.47 Å². The van der Waals surface area contributed by atoms with Gasteiger partial charge in [0.15, 0.2) is 23.3 Å². The van der Waals surface area contributed by atoms with Crippen LogP contribution in [0.3, 0.4) is 0 Å². The Labute approximate surface area is 157 Å². The molecule has 0 atom stereocenters. The molecule has 0 amide bonds. The number of nitrogens with zero attached hydrogens (tertiary/aromatic N) is 3. The van der Waals surface area contributed by atoms with E-state index in [0.29, 0.717) is 23.3 Å². The molecule has 0 unspecified atom stereocenters. The van der Waals surface area contributed by atoms with Gasteiger partial charge < -0.3 is 15.2 Å². The number of amidine groups is 1. The zero-order valence-electron chi connectivity index (χ0n) is 14.5. The summed E-state index contributed by atoms with van der Waals surface area (Å²) in [4.78, 5) is 0. The van der Waals surface area contributed by atoms with Gasteiger partial charge in [-0.05, 0) is 36.2 Å². The lowest BCUT2D eigenvalue weighted by atomic mass is 10.2. The second-order valence-corrected chi connectivity index (χ2v) is 6.04. The molecular weight excluding hydrogens is 348 g/mol. The molecule has 0 aromatic heterocycles. The minimum atomic E-state index is -0.0347. The summed E-state index contributed by atoms with van der Waals surface area (Å²) in [5.74, 6) is 1.82. The second kappa shape index (κ2) is 10.8. The molecular formula is C19H20N4O2S. The molecule has 2 aromatic rings. The normalized spacial score (nSPS) is 11.3. The number of benzene rings is 2. The summed E-state index contributed by atoms with van der Waals surface area (Å²) >= 11 is 1.43. The Morgan fingerprint density at radius 1 is 1.19 bits per heavy atom. The highest BCUT2D eigenvalue weighted by molar-refractivity contribution is 8.13. The summed E-state index contributed by atoms with van der Waals surface area (Å²) in [5, 5.41) is 17.0. The maximum absolute atomic E-state index is 8.62. The van der Waals surface area contributed by atoms with E-state index in [4.69, 9.17) is 20.5 Å². The van der Waals surface area contributed by atoms with Crippen LogP contribution in [0.15, 0.2) is 58.7 Å². The largest absolute Gasteiger partial charge is 0.490 e. The first-order chi connectivity index (χ1) is 12.7. The van der Waals surface area contributed by atoms with Crippen molar-refractivity contribution in [3.05, 3.63) is 59.7 Å². The summed E-state index contributed by atoms with van der Waals surface area (Å²) in [6.45, 7) is 2.33. The Bertz CT molecular complexity index is 801. The van der Waals surface area contributed by atoms with Gasteiger partial charge >= 0.3 is 0 Å². The standard InChI is InChI=1S/C19H20N4O2S/c1-2-24-18-12-16(8-9-17(18)25-11-10-20)13-22-23-19(21)26-14-15-6-4-3-5-7-15/h3-9,12-13H,2,11,14H2,1H3,(H2,21,23). The fourth-order valence-electron chi connectivity index (χ4n) is 2.02. The Morgan fingerprint density at radius 3 is 2.73 bits per heavy atom. The second-order valence-electron chi connectivity index (χ2n) is 5.04. The van der Waals surface area contributed by atoms with Crippen LogP contribution in [0.1, 0.15) is 18.1 Å². The molecule has 0 aliphatic rings. The zero-order chi connectivity index (χ0) is 18.6. The molecule has 0 saturated carbocycles. The SMILES string of the molecule is CCOc1cc(C=NN=C(N)SCc2ccccc2)ccc1OCC#N. The summed E-state index contributed by atoms with van der Waals surface area (Å²) < 4.78 is 10.9. The summed E-state index contributed by atoms with van der Waals surface area (Å²) in [6.07, 6.45) is 1.59. The van der Waals surface area contributed by atoms with Crippen molar-refractivity contribution in [3.63, 3.8) is 0 Å². The van der Waals surface area contributed by atoms with Crippen molar-refractivity contribution in [2.24, 2.45) is 15.9 Å². The highest BCUT2D eigenvalue weighted by Crippen LogP contribution is 2.28. The van der Waals surface area contributed by atoms with E-state index in [0.717, 1.165) is 11.3 Å². The van der Waals surface area contributed by atoms with Crippen molar-refractivity contribution in [3.8, 4) is 17.6 Å². The van der Waals surface area contributed by atoms with Gasteiger partial charge in [-0.3, -0.25) is 0 Å². The van der Waals surface area contributed by atoms with E-state index in [-0.39, 0.29) is 6.61 Å². The number of rotatable bonds is 8. The first-order valence-corrected chi connectivity index (χ1v) is 9.01. The maximum Gasteiger partial charge on any atom is 0.180 e. The number of hydrogen-bond donors (Lipinski definition) is 1. The van der Waals surface area contributed by atoms with Gasteiger partial charge in [-0.15, -0.1) is 5.10 Å². The summed E-state index contributed by atoms with van der Waals surface area (Å²) in [6, 6.07) is 17.3.